The van der Waals surface area contributed by atoms with Crippen LogP contribution in [-0.4, -0.2) is 30.6 Å². The average Bonchev–Trinajstić information content (AvgIpc) is 3.19. The summed E-state index contributed by atoms with van der Waals surface area (Å²) in [5, 5.41) is 22.9. The number of hydrogen-bond donors (Lipinski definition) is 2. The van der Waals surface area contributed by atoms with Crippen LogP contribution in [0.5, 0.6) is 0 Å². The standard InChI is InChI=1S/C13H9FIN7O3/c14-8-2-1-7(3-6(8)4-16)22-12(21-24-13(22)23)10-11(20-25-19-10)18-5-9(15)17/h1-3,9H,5,17H2,(H,18,20). The van der Waals surface area contributed by atoms with Gasteiger partial charge in [-0.3, -0.25) is 4.52 Å². The van der Waals surface area contributed by atoms with Crippen LogP contribution in [0.15, 0.2) is 32.1 Å². The van der Waals surface area contributed by atoms with Gasteiger partial charge in [0.15, 0.2) is 5.69 Å². The summed E-state index contributed by atoms with van der Waals surface area (Å²) in [6.45, 7) is 0.360. The molecule has 0 saturated carbocycles. The lowest BCUT2D eigenvalue weighted by molar-refractivity contribution is 0.309. The third-order valence-corrected chi connectivity index (χ3v) is 3.54. The molecule has 25 heavy (non-hydrogen) atoms. The SMILES string of the molecule is N#Cc1cc(-n2c(-c3nonc3NCC(N)I)noc2=O)ccc1F. The first-order valence-electron chi connectivity index (χ1n) is 6.76. The quantitative estimate of drug-likeness (QED) is 0.325. The van der Waals surface area contributed by atoms with E-state index in [1.807, 2.05) is 22.6 Å². The number of nitrogens with two attached hydrogens (primary N) is 1. The molecule has 0 radical (unpaired) electrons. The molecule has 1 atom stereocenters. The zero-order valence-electron chi connectivity index (χ0n) is 12.3. The van der Waals surface area contributed by atoms with Gasteiger partial charge in [-0.1, -0.05) is 27.7 Å². The second-order valence-corrected chi connectivity index (χ2v) is 6.34. The molecule has 1 aromatic carbocycles. The molecule has 2 heterocycles. The highest BCUT2D eigenvalue weighted by molar-refractivity contribution is 14.1. The van der Waals surface area contributed by atoms with Crippen LogP contribution >= 0.6 is 22.6 Å². The van der Waals surface area contributed by atoms with Crippen LogP contribution in [0.1, 0.15) is 5.56 Å². The van der Waals surface area contributed by atoms with E-state index in [1.165, 1.54) is 12.1 Å². The molecule has 3 N–H and O–H groups in total. The summed E-state index contributed by atoms with van der Waals surface area (Å²) in [6, 6.07) is 5.26. The van der Waals surface area contributed by atoms with E-state index in [9.17, 15) is 9.18 Å². The number of anilines is 1. The minimum Gasteiger partial charge on any atom is -0.363 e. The van der Waals surface area contributed by atoms with Crippen molar-refractivity contribution >= 4 is 28.4 Å². The molecule has 0 aliphatic heterocycles. The highest BCUT2D eigenvalue weighted by Crippen LogP contribution is 2.24. The van der Waals surface area contributed by atoms with Gasteiger partial charge >= 0.3 is 5.76 Å². The molecule has 2 aromatic heterocycles. The zero-order chi connectivity index (χ0) is 18.0. The van der Waals surface area contributed by atoms with Crippen molar-refractivity contribution in [3.63, 3.8) is 0 Å². The van der Waals surface area contributed by atoms with Crippen LogP contribution in [0.4, 0.5) is 10.2 Å². The summed E-state index contributed by atoms with van der Waals surface area (Å²) in [4.78, 5) is 12.0. The highest BCUT2D eigenvalue weighted by Gasteiger charge is 2.23. The van der Waals surface area contributed by atoms with Crippen molar-refractivity contribution in [3.05, 3.63) is 40.1 Å². The third-order valence-electron chi connectivity index (χ3n) is 3.10. The largest absolute Gasteiger partial charge is 0.446 e. The Labute approximate surface area is 152 Å². The van der Waals surface area contributed by atoms with Crippen LogP contribution in [0.25, 0.3) is 17.2 Å². The highest BCUT2D eigenvalue weighted by atomic mass is 127. The predicted molar refractivity (Wildman–Crippen MR) is 90.6 cm³/mol. The van der Waals surface area contributed by atoms with E-state index in [0.29, 0.717) is 6.54 Å². The number of nitriles is 1. The molecule has 3 rings (SSSR count). The molecule has 10 nitrogen and oxygen atoms in total. The lowest BCUT2D eigenvalue weighted by atomic mass is 10.2. The first kappa shape index (κ1) is 17.0. The van der Waals surface area contributed by atoms with Crippen LogP contribution in [0.2, 0.25) is 0 Å². The Kier molecular flexibility index (Phi) is 4.76. The summed E-state index contributed by atoms with van der Waals surface area (Å²) >= 11 is 2.01. The Bertz CT molecular complexity index is 1000. The Morgan fingerprint density at radius 1 is 1.44 bits per heavy atom. The Morgan fingerprint density at radius 3 is 2.96 bits per heavy atom. The fraction of sp³-hybridized carbons (Fsp3) is 0.154. The number of rotatable bonds is 5. The van der Waals surface area contributed by atoms with Gasteiger partial charge in [0, 0.05) is 6.54 Å². The first-order chi connectivity index (χ1) is 12.0. The minimum absolute atomic E-state index is 0.0220. The maximum absolute atomic E-state index is 13.5. The predicted octanol–water partition coefficient (Wildman–Crippen LogP) is 1.02. The van der Waals surface area contributed by atoms with Gasteiger partial charge in [0.25, 0.3) is 0 Å². The van der Waals surface area contributed by atoms with Crippen molar-refractivity contribution in [1.29, 1.82) is 5.26 Å². The van der Waals surface area contributed by atoms with Crippen molar-refractivity contribution in [3.8, 4) is 23.3 Å². The number of benzene rings is 1. The third kappa shape index (κ3) is 3.37. The fourth-order valence-corrected chi connectivity index (χ4v) is 2.23. The molecule has 12 heteroatoms. The van der Waals surface area contributed by atoms with Crippen LogP contribution < -0.4 is 16.8 Å². The van der Waals surface area contributed by atoms with Gasteiger partial charge in [-0.05, 0) is 28.5 Å². The lowest BCUT2D eigenvalue weighted by Gasteiger charge is -2.06. The smallest absolute Gasteiger partial charge is 0.363 e. The van der Waals surface area contributed by atoms with E-state index in [1.54, 1.807) is 6.07 Å². The van der Waals surface area contributed by atoms with Crippen LogP contribution in [-0.2, 0) is 0 Å². The molecule has 0 saturated heterocycles. The lowest BCUT2D eigenvalue weighted by Crippen LogP contribution is -2.22. The van der Waals surface area contributed by atoms with E-state index < -0.39 is 11.6 Å². The van der Waals surface area contributed by atoms with Crippen molar-refractivity contribution in [2.24, 2.45) is 5.73 Å². The van der Waals surface area contributed by atoms with Gasteiger partial charge in [-0.15, -0.1) is 0 Å². The van der Waals surface area contributed by atoms with Crippen LogP contribution in [0, 0.1) is 17.1 Å². The van der Waals surface area contributed by atoms with E-state index >= 15 is 0 Å². The Morgan fingerprint density at radius 2 is 2.24 bits per heavy atom. The molecule has 0 fully saturated rings. The molecule has 0 aliphatic carbocycles. The molecular formula is C13H9FIN7O3. The molecule has 3 aromatic rings. The van der Waals surface area contributed by atoms with Crippen molar-refractivity contribution in [2.75, 3.05) is 11.9 Å². The van der Waals surface area contributed by atoms with E-state index in [0.717, 1.165) is 10.6 Å². The number of nitrogens with one attached hydrogen (secondary N) is 1. The maximum Gasteiger partial charge on any atom is 0.446 e. The maximum atomic E-state index is 13.5. The van der Waals surface area contributed by atoms with Crippen LogP contribution in [0.3, 0.4) is 0 Å². The van der Waals surface area contributed by atoms with Gasteiger partial charge in [0.05, 0.1) is 15.3 Å². The van der Waals surface area contributed by atoms with E-state index in [-0.39, 0.29) is 32.6 Å². The Hall–Kier alpha value is -2.79. The van der Waals surface area contributed by atoms with Gasteiger partial charge in [0.2, 0.25) is 11.6 Å². The number of aromatic nitrogens is 4. The topological polar surface area (TPSA) is 149 Å². The number of halogens is 2. The molecule has 0 aliphatic rings. The van der Waals surface area contributed by atoms with Gasteiger partial charge in [0.1, 0.15) is 11.9 Å². The van der Waals surface area contributed by atoms with E-state index in [4.69, 9.17) is 11.0 Å². The fourth-order valence-electron chi connectivity index (χ4n) is 2.01. The summed E-state index contributed by atoms with van der Waals surface area (Å²) in [5.74, 6) is -1.37. The van der Waals surface area contributed by atoms with Gasteiger partial charge in [-0.2, -0.15) is 5.26 Å². The summed E-state index contributed by atoms with van der Waals surface area (Å²) in [6.07, 6.45) is 0. The zero-order valence-corrected chi connectivity index (χ0v) is 14.5. The molecule has 0 spiro atoms. The molecule has 128 valence electrons. The monoisotopic (exact) mass is 457 g/mol. The summed E-state index contributed by atoms with van der Waals surface area (Å²) in [7, 11) is 0. The average molecular weight is 457 g/mol. The molecule has 0 bridgehead atoms. The number of hydrogen-bond acceptors (Lipinski definition) is 9. The van der Waals surface area contributed by atoms with Gasteiger partial charge in [-0.25, -0.2) is 18.4 Å². The molecular weight excluding hydrogens is 448 g/mol. The Balaban J connectivity index is 2.09. The minimum atomic E-state index is -0.843. The second kappa shape index (κ2) is 6.99. The summed E-state index contributed by atoms with van der Waals surface area (Å²) in [5.41, 5.74) is 5.71. The number of nitrogens with zero attached hydrogens (tertiary/aromatic N) is 5. The molecule has 1 unspecified atom stereocenters. The number of alkyl halides is 1. The summed E-state index contributed by atoms with van der Waals surface area (Å²) < 4.78 is 23.7. The molecule has 0 amide bonds. The van der Waals surface area contributed by atoms with Crippen molar-refractivity contribution in [2.45, 2.75) is 4.05 Å². The first-order valence-corrected chi connectivity index (χ1v) is 8.01. The van der Waals surface area contributed by atoms with Crippen molar-refractivity contribution < 1.29 is 13.5 Å². The van der Waals surface area contributed by atoms with Crippen molar-refractivity contribution in [1.82, 2.24) is 20.0 Å². The second-order valence-electron chi connectivity index (χ2n) is 4.74. The van der Waals surface area contributed by atoms with E-state index in [2.05, 4.69) is 29.9 Å². The normalized spacial score (nSPS) is 11.9. The van der Waals surface area contributed by atoms with Gasteiger partial charge < -0.3 is 11.1 Å².